The zero-order valence-electron chi connectivity index (χ0n) is 9.99. The molecule has 1 aromatic heterocycles. The Kier molecular flexibility index (Phi) is 3.27. The average Bonchev–Trinajstić information content (AvgIpc) is 2.74. The molecule has 0 spiro atoms. The molecule has 2 rings (SSSR count). The summed E-state index contributed by atoms with van der Waals surface area (Å²) in [5, 5.41) is 2.38. The van der Waals surface area contributed by atoms with Crippen molar-refractivity contribution in [2.75, 3.05) is 23.3 Å². The first-order valence-corrected chi connectivity index (χ1v) is 7.86. The molecule has 96 valence electrons. The number of sulfonamides is 1. The van der Waals surface area contributed by atoms with Gasteiger partial charge in [0.15, 0.2) is 5.13 Å². The first-order valence-electron chi connectivity index (χ1n) is 5.13. The molecule has 5 nitrogen and oxygen atoms in total. The number of anilines is 2. The summed E-state index contributed by atoms with van der Waals surface area (Å²) in [6.07, 6.45) is 1.17. The molecule has 0 amide bonds. The first kappa shape index (κ1) is 12.8. The Morgan fingerprint density at radius 2 is 1.89 bits per heavy atom. The molecule has 0 saturated carbocycles. The van der Waals surface area contributed by atoms with Crippen molar-refractivity contribution in [3.8, 4) is 11.3 Å². The van der Waals surface area contributed by atoms with Gasteiger partial charge in [-0.1, -0.05) is 12.1 Å². The van der Waals surface area contributed by atoms with Crippen LogP contribution in [0.15, 0.2) is 29.6 Å². The summed E-state index contributed by atoms with van der Waals surface area (Å²) < 4.78 is 24.0. The fourth-order valence-corrected chi connectivity index (χ4v) is 2.53. The summed E-state index contributed by atoms with van der Waals surface area (Å²) in [6, 6.07) is 7.13. The summed E-state index contributed by atoms with van der Waals surface area (Å²) in [4.78, 5) is 4.17. The minimum Gasteiger partial charge on any atom is -0.375 e. The Morgan fingerprint density at radius 1 is 1.28 bits per heavy atom. The smallest absolute Gasteiger partial charge is 0.231 e. The van der Waals surface area contributed by atoms with Gasteiger partial charge in [-0.2, -0.15) is 0 Å². The number of hydrogen-bond acceptors (Lipinski definition) is 5. The van der Waals surface area contributed by atoms with Crippen LogP contribution in [0.1, 0.15) is 0 Å². The number of thiazole rings is 1. The number of nitrogens with zero attached hydrogens (tertiary/aromatic N) is 2. The molecule has 0 fully saturated rings. The summed E-state index contributed by atoms with van der Waals surface area (Å²) >= 11 is 1.37. The predicted octanol–water partition coefficient (Wildman–Crippen LogP) is 1.79. The Hall–Kier alpha value is -1.60. The van der Waals surface area contributed by atoms with E-state index in [1.54, 1.807) is 12.1 Å². The number of benzene rings is 1. The lowest BCUT2D eigenvalue weighted by Crippen LogP contribution is -2.24. The third-order valence-corrected chi connectivity index (χ3v) is 4.43. The molecule has 0 atom stereocenters. The molecule has 0 radical (unpaired) electrons. The quantitative estimate of drug-likeness (QED) is 0.931. The summed E-state index contributed by atoms with van der Waals surface area (Å²) in [5.41, 5.74) is 7.89. The maximum atomic E-state index is 11.4. The van der Waals surface area contributed by atoms with Gasteiger partial charge in [0, 0.05) is 18.0 Å². The lowest BCUT2D eigenvalue weighted by Gasteiger charge is -2.16. The van der Waals surface area contributed by atoms with Crippen LogP contribution in [-0.4, -0.2) is 26.7 Å². The molecule has 0 aliphatic rings. The number of nitrogens with two attached hydrogens (primary N) is 1. The van der Waals surface area contributed by atoms with Crippen LogP contribution in [0.2, 0.25) is 0 Å². The van der Waals surface area contributed by atoms with Gasteiger partial charge in [-0.15, -0.1) is 11.3 Å². The van der Waals surface area contributed by atoms with E-state index in [0.29, 0.717) is 10.8 Å². The second-order valence-corrected chi connectivity index (χ2v) is 6.75. The van der Waals surface area contributed by atoms with Gasteiger partial charge in [-0.05, 0) is 12.1 Å². The van der Waals surface area contributed by atoms with Gasteiger partial charge < -0.3 is 5.73 Å². The van der Waals surface area contributed by atoms with E-state index in [-0.39, 0.29) is 0 Å². The molecule has 0 aliphatic carbocycles. The minimum absolute atomic E-state index is 0.516. The maximum absolute atomic E-state index is 11.4. The maximum Gasteiger partial charge on any atom is 0.231 e. The van der Waals surface area contributed by atoms with Crippen molar-refractivity contribution in [3.63, 3.8) is 0 Å². The van der Waals surface area contributed by atoms with Crippen molar-refractivity contribution in [1.82, 2.24) is 4.98 Å². The van der Waals surface area contributed by atoms with E-state index < -0.39 is 10.0 Å². The number of aromatic nitrogens is 1. The van der Waals surface area contributed by atoms with E-state index in [0.717, 1.165) is 11.3 Å². The lowest BCUT2D eigenvalue weighted by molar-refractivity contribution is 0.600. The second-order valence-electron chi connectivity index (χ2n) is 3.85. The molecule has 1 heterocycles. The van der Waals surface area contributed by atoms with Crippen LogP contribution in [-0.2, 0) is 10.0 Å². The van der Waals surface area contributed by atoms with Crippen LogP contribution in [0.3, 0.4) is 0 Å². The van der Waals surface area contributed by atoms with Gasteiger partial charge in [0.2, 0.25) is 10.0 Å². The van der Waals surface area contributed by atoms with Crippen LogP contribution >= 0.6 is 11.3 Å². The van der Waals surface area contributed by atoms with Gasteiger partial charge in [0.05, 0.1) is 17.6 Å². The van der Waals surface area contributed by atoms with Crippen LogP contribution in [0.5, 0.6) is 0 Å². The van der Waals surface area contributed by atoms with Crippen molar-refractivity contribution in [1.29, 1.82) is 0 Å². The Bertz CT molecular complexity index is 647. The largest absolute Gasteiger partial charge is 0.375 e. The molecule has 7 heteroatoms. The molecule has 1 aromatic carbocycles. The highest BCUT2D eigenvalue weighted by atomic mass is 32.2. The van der Waals surface area contributed by atoms with Gasteiger partial charge in [0.25, 0.3) is 0 Å². The van der Waals surface area contributed by atoms with Crippen LogP contribution < -0.4 is 10.0 Å². The third kappa shape index (κ3) is 2.62. The molecule has 0 saturated heterocycles. The van der Waals surface area contributed by atoms with Crippen molar-refractivity contribution >= 4 is 32.2 Å². The molecule has 0 aliphatic heterocycles. The minimum atomic E-state index is -3.23. The van der Waals surface area contributed by atoms with E-state index >= 15 is 0 Å². The van der Waals surface area contributed by atoms with E-state index in [9.17, 15) is 8.42 Å². The Balaban J connectivity index is 2.31. The van der Waals surface area contributed by atoms with Gasteiger partial charge in [-0.3, -0.25) is 4.31 Å². The highest BCUT2D eigenvalue weighted by Gasteiger charge is 2.11. The number of rotatable bonds is 3. The second kappa shape index (κ2) is 4.58. The molecule has 18 heavy (non-hydrogen) atoms. The van der Waals surface area contributed by atoms with Gasteiger partial charge in [-0.25, -0.2) is 13.4 Å². The van der Waals surface area contributed by atoms with E-state index in [1.165, 1.54) is 28.9 Å². The van der Waals surface area contributed by atoms with E-state index in [2.05, 4.69) is 4.98 Å². The van der Waals surface area contributed by atoms with Crippen molar-refractivity contribution in [2.24, 2.45) is 0 Å². The number of hydrogen-bond donors (Lipinski definition) is 1. The normalized spacial score (nSPS) is 11.4. The standard InChI is InChI=1S/C11H13N3O2S2/c1-14(18(2,15)16)9-5-3-8(4-6-9)10-7-17-11(12)13-10/h3-7H,1-2H3,(H2,12,13). The van der Waals surface area contributed by atoms with E-state index in [1.807, 2.05) is 17.5 Å². The molecule has 2 N–H and O–H groups in total. The van der Waals surface area contributed by atoms with Crippen LogP contribution in [0.25, 0.3) is 11.3 Å². The molecular weight excluding hydrogens is 270 g/mol. The third-order valence-electron chi connectivity index (χ3n) is 2.55. The Labute approximate surface area is 110 Å². The number of nitrogen functional groups attached to an aromatic ring is 1. The van der Waals surface area contributed by atoms with Gasteiger partial charge >= 0.3 is 0 Å². The van der Waals surface area contributed by atoms with Gasteiger partial charge in [0.1, 0.15) is 0 Å². The topological polar surface area (TPSA) is 76.3 Å². The SMILES string of the molecule is CN(c1ccc(-c2csc(N)n2)cc1)S(C)(=O)=O. The fourth-order valence-electron chi connectivity index (χ4n) is 1.45. The summed E-state index contributed by atoms with van der Waals surface area (Å²) in [5.74, 6) is 0. The van der Waals surface area contributed by atoms with E-state index in [4.69, 9.17) is 5.73 Å². The van der Waals surface area contributed by atoms with Crippen molar-refractivity contribution in [3.05, 3.63) is 29.6 Å². The zero-order chi connectivity index (χ0) is 13.3. The molecule has 2 aromatic rings. The average molecular weight is 283 g/mol. The van der Waals surface area contributed by atoms with Crippen molar-refractivity contribution < 1.29 is 8.42 Å². The van der Waals surface area contributed by atoms with Crippen LogP contribution in [0.4, 0.5) is 10.8 Å². The Morgan fingerprint density at radius 3 is 2.33 bits per heavy atom. The molecular formula is C11H13N3O2S2. The zero-order valence-corrected chi connectivity index (χ0v) is 11.6. The first-order chi connectivity index (χ1) is 8.38. The monoisotopic (exact) mass is 283 g/mol. The summed E-state index contributed by atoms with van der Waals surface area (Å²) in [7, 11) is -1.71. The predicted molar refractivity (Wildman–Crippen MR) is 75.2 cm³/mol. The lowest BCUT2D eigenvalue weighted by atomic mass is 10.1. The fraction of sp³-hybridized carbons (Fsp3) is 0.182. The summed E-state index contributed by atoms with van der Waals surface area (Å²) in [6.45, 7) is 0. The van der Waals surface area contributed by atoms with Crippen molar-refractivity contribution in [2.45, 2.75) is 0 Å². The molecule has 0 bridgehead atoms. The highest BCUT2D eigenvalue weighted by Crippen LogP contribution is 2.25. The highest BCUT2D eigenvalue weighted by molar-refractivity contribution is 7.92. The van der Waals surface area contributed by atoms with Crippen LogP contribution in [0, 0.1) is 0 Å². The molecule has 0 unspecified atom stereocenters.